The fraction of sp³-hybridized carbons (Fsp3) is 0.595. The summed E-state index contributed by atoms with van der Waals surface area (Å²) in [6.07, 6.45) is 5.61. The molecule has 0 radical (unpaired) electrons. The van der Waals surface area contributed by atoms with Crippen LogP contribution in [0, 0.1) is 0 Å². The van der Waals surface area contributed by atoms with E-state index in [2.05, 4.69) is 107 Å². The predicted octanol–water partition coefficient (Wildman–Crippen LogP) is 10.4. The van der Waals surface area contributed by atoms with Gasteiger partial charge in [0.1, 0.15) is 5.75 Å². The Morgan fingerprint density at radius 2 is 1.18 bits per heavy atom. The zero-order valence-corrected chi connectivity index (χ0v) is 27.7. The summed E-state index contributed by atoms with van der Waals surface area (Å²) in [5, 5.41) is 22.2. The highest BCUT2D eigenvalue weighted by Gasteiger charge is 2.32. The van der Waals surface area contributed by atoms with E-state index < -0.39 is 11.9 Å². The first kappa shape index (κ1) is 33.7. The van der Waals surface area contributed by atoms with E-state index in [1.54, 1.807) is 0 Å². The Hall–Kier alpha value is -2.55. The quantitative estimate of drug-likeness (QED) is 0.259. The first-order valence-corrected chi connectivity index (χ1v) is 15.3. The molecule has 0 bridgehead atoms. The van der Waals surface area contributed by atoms with E-state index in [0.717, 1.165) is 47.9 Å². The van der Waals surface area contributed by atoms with Crippen LogP contribution in [0.3, 0.4) is 0 Å². The Labute approximate surface area is 245 Å². The van der Waals surface area contributed by atoms with E-state index in [4.69, 9.17) is 0 Å². The molecule has 0 aliphatic carbocycles. The molecular formula is C37H56O3. The Morgan fingerprint density at radius 1 is 0.725 bits per heavy atom. The minimum atomic E-state index is -0.957. The molecule has 0 aliphatic heterocycles. The summed E-state index contributed by atoms with van der Waals surface area (Å²) in [5.74, 6) is -1.24. The first-order chi connectivity index (χ1) is 18.3. The van der Waals surface area contributed by atoms with Crippen molar-refractivity contribution in [3.8, 4) is 5.75 Å². The third-order valence-corrected chi connectivity index (χ3v) is 10.2. The van der Waals surface area contributed by atoms with Crippen molar-refractivity contribution in [1.29, 1.82) is 0 Å². The molecule has 0 fully saturated rings. The second-order valence-corrected chi connectivity index (χ2v) is 14.3. The molecule has 0 saturated heterocycles. The molecule has 40 heavy (non-hydrogen) atoms. The summed E-state index contributed by atoms with van der Waals surface area (Å²) in [5.41, 5.74) is 5.93. The Bertz CT molecular complexity index is 1240. The lowest BCUT2D eigenvalue weighted by molar-refractivity contribution is -0.132. The fourth-order valence-corrected chi connectivity index (χ4v) is 5.08. The molecule has 3 nitrogen and oxygen atoms in total. The number of carboxylic acid groups (broad SMARTS) is 1. The maximum atomic E-state index is 12.9. The van der Waals surface area contributed by atoms with Crippen molar-refractivity contribution in [2.24, 2.45) is 0 Å². The summed E-state index contributed by atoms with van der Waals surface area (Å²) in [6, 6.07) is 10.7. The fourth-order valence-electron chi connectivity index (χ4n) is 5.08. The summed E-state index contributed by atoms with van der Waals surface area (Å²) in [6.45, 7) is 28.3. The van der Waals surface area contributed by atoms with Gasteiger partial charge in [-0.05, 0) is 75.7 Å². The van der Waals surface area contributed by atoms with Gasteiger partial charge in [0, 0.05) is 22.6 Å². The number of rotatable bonds is 12. The maximum absolute atomic E-state index is 12.9. The molecule has 0 spiro atoms. The number of hydrogen-bond donors (Lipinski definition) is 2. The van der Waals surface area contributed by atoms with Crippen LogP contribution in [0.1, 0.15) is 155 Å². The molecule has 2 N–H and O–H groups in total. The summed E-state index contributed by atoms with van der Waals surface area (Å²) in [4.78, 5) is 12.9. The SMILES string of the molecule is CCC(C)(C)c1ccc(C=C(C(=O)O)C(C)c2cc(C(C)(C)CC)cc(C(C)(C)CC)c2O)c(C(C)(C)CC)c1. The van der Waals surface area contributed by atoms with E-state index >= 15 is 0 Å². The monoisotopic (exact) mass is 548 g/mol. The lowest BCUT2D eigenvalue weighted by atomic mass is 9.73. The summed E-state index contributed by atoms with van der Waals surface area (Å²) >= 11 is 0. The van der Waals surface area contributed by atoms with Gasteiger partial charge in [-0.25, -0.2) is 4.79 Å². The molecular weight excluding hydrogens is 492 g/mol. The summed E-state index contributed by atoms with van der Waals surface area (Å²) in [7, 11) is 0. The minimum absolute atomic E-state index is 0.0323. The van der Waals surface area contributed by atoms with Gasteiger partial charge in [-0.2, -0.15) is 0 Å². The molecule has 2 aromatic carbocycles. The van der Waals surface area contributed by atoms with Gasteiger partial charge in [0.2, 0.25) is 0 Å². The largest absolute Gasteiger partial charge is 0.507 e. The molecule has 3 heteroatoms. The number of phenols is 1. The van der Waals surface area contributed by atoms with Crippen LogP contribution in [-0.4, -0.2) is 16.2 Å². The second-order valence-electron chi connectivity index (χ2n) is 14.3. The highest BCUT2D eigenvalue weighted by Crippen LogP contribution is 2.44. The Morgan fingerprint density at radius 3 is 1.65 bits per heavy atom. The van der Waals surface area contributed by atoms with Crippen LogP contribution in [0.2, 0.25) is 0 Å². The van der Waals surface area contributed by atoms with E-state index in [0.29, 0.717) is 5.56 Å². The molecule has 2 aromatic rings. The van der Waals surface area contributed by atoms with Gasteiger partial charge in [0.15, 0.2) is 0 Å². The van der Waals surface area contributed by atoms with Gasteiger partial charge in [0.25, 0.3) is 0 Å². The minimum Gasteiger partial charge on any atom is -0.507 e. The third-order valence-electron chi connectivity index (χ3n) is 10.2. The summed E-state index contributed by atoms with van der Waals surface area (Å²) < 4.78 is 0. The molecule has 1 unspecified atom stereocenters. The van der Waals surface area contributed by atoms with Gasteiger partial charge in [0.05, 0.1) is 0 Å². The van der Waals surface area contributed by atoms with E-state index in [1.165, 1.54) is 5.56 Å². The Kier molecular flexibility index (Phi) is 10.2. The molecule has 0 aromatic heterocycles. The number of carboxylic acids is 1. The third kappa shape index (κ3) is 6.84. The standard InChI is InChI=1S/C37H56O3/c1-14-34(6,7)26-19-18-25(30(22-26)36(10,11)16-3)20-29(33(39)40)24(5)28-21-27(35(8,9)15-2)23-31(32(28)38)37(12,13)17-4/h18-24,38H,14-17H2,1-13H3,(H,39,40). The van der Waals surface area contributed by atoms with Crippen LogP contribution in [0.4, 0.5) is 0 Å². The zero-order valence-electron chi connectivity index (χ0n) is 27.7. The van der Waals surface area contributed by atoms with Gasteiger partial charge in [-0.3, -0.25) is 0 Å². The smallest absolute Gasteiger partial charge is 0.332 e. The van der Waals surface area contributed by atoms with Crippen molar-refractivity contribution < 1.29 is 15.0 Å². The molecule has 222 valence electrons. The van der Waals surface area contributed by atoms with E-state index in [9.17, 15) is 15.0 Å². The average molecular weight is 549 g/mol. The van der Waals surface area contributed by atoms with E-state index in [-0.39, 0.29) is 33.0 Å². The lowest BCUT2D eigenvalue weighted by Gasteiger charge is -2.32. The number of hydrogen-bond acceptors (Lipinski definition) is 2. The predicted molar refractivity (Wildman–Crippen MR) is 172 cm³/mol. The number of carbonyl (C=O) groups is 1. The van der Waals surface area contributed by atoms with Crippen molar-refractivity contribution in [2.75, 3.05) is 0 Å². The van der Waals surface area contributed by atoms with Crippen molar-refractivity contribution in [2.45, 2.75) is 143 Å². The van der Waals surface area contributed by atoms with Gasteiger partial charge in [-0.15, -0.1) is 0 Å². The molecule has 0 aliphatic rings. The van der Waals surface area contributed by atoms with Crippen LogP contribution in [0.25, 0.3) is 6.08 Å². The van der Waals surface area contributed by atoms with Gasteiger partial charge >= 0.3 is 5.97 Å². The maximum Gasteiger partial charge on any atom is 0.332 e. The second kappa shape index (κ2) is 12.1. The van der Waals surface area contributed by atoms with Crippen LogP contribution in [0.5, 0.6) is 5.75 Å². The molecule has 0 saturated carbocycles. The van der Waals surface area contributed by atoms with Crippen LogP contribution >= 0.6 is 0 Å². The van der Waals surface area contributed by atoms with Crippen molar-refractivity contribution in [3.63, 3.8) is 0 Å². The van der Waals surface area contributed by atoms with Crippen LogP contribution in [-0.2, 0) is 26.5 Å². The van der Waals surface area contributed by atoms with Crippen molar-refractivity contribution in [1.82, 2.24) is 0 Å². The van der Waals surface area contributed by atoms with Crippen molar-refractivity contribution >= 4 is 12.0 Å². The number of aromatic hydroxyl groups is 1. The molecule has 2 rings (SSSR count). The average Bonchev–Trinajstić information content (AvgIpc) is 2.90. The van der Waals surface area contributed by atoms with Crippen LogP contribution in [0.15, 0.2) is 35.9 Å². The Balaban J connectivity index is 2.89. The molecule has 0 heterocycles. The highest BCUT2D eigenvalue weighted by atomic mass is 16.4. The normalized spacial score (nSPS) is 14.4. The van der Waals surface area contributed by atoms with E-state index in [1.807, 2.05) is 19.1 Å². The number of benzene rings is 2. The zero-order chi connectivity index (χ0) is 30.8. The lowest BCUT2D eigenvalue weighted by Crippen LogP contribution is -2.22. The van der Waals surface area contributed by atoms with Crippen molar-refractivity contribution in [3.05, 3.63) is 69.3 Å². The first-order valence-electron chi connectivity index (χ1n) is 15.3. The molecule has 0 amide bonds. The number of aliphatic carboxylic acids is 1. The van der Waals surface area contributed by atoms with Crippen LogP contribution < -0.4 is 0 Å². The highest BCUT2D eigenvalue weighted by molar-refractivity contribution is 5.94. The number of phenolic OH excluding ortho intramolecular Hbond substituents is 1. The van der Waals surface area contributed by atoms with Gasteiger partial charge in [-0.1, -0.05) is 120 Å². The topological polar surface area (TPSA) is 57.5 Å². The molecule has 1 atom stereocenters. The van der Waals surface area contributed by atoms with Gasteiger partial charge < -0.3 is 10.2 Å².